The van der Waals surface area contributed by atoms with E-state index in [1.54, 1.807) is 18.4 Å². The number of halogens is 3. The van der Waals surface area contributed by atoms with Gasteiger partial charge in [-0.1, -0.05) is 35.1 Å². The van der Waals surface area contributed by atoms with Crippen LogP contribution in [-0.4, -0.2) is 31.4 Å². The number of ether oxygens (including phenoxy) is 1. The van der Waals surface area contributed by atoms with Crippen molar-refractivity contribution in [3.05, 3.63) is 57.3 Å². The molecule has 0 bridgehead atoms. The Labute approximate surface area is 190 Å². The molecule has 4 rings (SSSR count). The van der Waals surface area contributed by atoms with E-state index in [0.717, 1.165) is 62.0 Å². The van der Waals surface area contributed by atoms with Gasteiger partial charge >= 0.3 is 0 Å². The van der Waals surface area contributed by atoms with Gasteiger partial charge in [0.1, 0.15) is 17.7 Å². The molecule has 8 heteroatoms. The van der Waals surface area contributed by atoms with E-state index < -0.39 is 11.7 Å². The molecular weight excluding hydrogens is 446 g/mol. The fourth-order valence-electron chi connectivity index (χ4n) is 3.80. The summed E-state index contributed by atoms with van der Waals surface area (Å²) in [4.78, 5) is 14.4. The highest BCUT2D eigenvalue weighted by atomic mass is 35.5. The van der Waals surface area contributed by atoms with E-state index >= 15 is 0 Å². The Morgan fingerprint density at radius 1 is 1.13 bits per heavy atom. The molecule has 1 saturated carbocycles. The van der Waals surface area contributed by atoms with Crippen molar-refractivity contribution in [3.63, 3.8) is 0 Å². The predicted octanol–water partition coefficient (Wildman–Crippen LogP) is 6.07. The van der Waals surface area contributed by atoms with Crippen molar-refractivity contribution in [2.75, 3.05) is 24.2 Å². The minimum atomic E-state index is -0.547. The van der Waals surface area contributed by atoms with Gasteiger partial charge in [0.25, 0.3) is 5.91 Å². The van der Waals surface area contributed by atoms with Gasteiger partial charge in [0.15, 0.2) is 0 Å². The van der Waals surface area contributed by atoms with Crippen LogP contribution in [0.2, 0.25) is 10.0 Å². The van der Waals surface area contributed by atoms with Crippen LogP contribution in [0.15, 0.2) is 30.3 Å². The standard InChI is InChI=1S/C22H23Cl2FN2O2S/c1-30-26-22(28)17-11-16(13-2-3-13)21(12-20(17)25)29-15-6-8-27(9-7-15)14-4-5-18(23)19(24)10-14/h4-5,10-13,15H,2-3,6-9H2,1H3,(H,26,28). The van der Waals surface area contributed by atoms with Gasteiger partial charge in [-0.3, -0.25) is 9.52 Å². The van der Waals surface area contributed by atoms with Crippen LogP contribution in [0.4, 0.5) is 10.1 Å². The second kappa shape index (κ2) is 9.25. The van der Waals surface area contributed by atoms with Gasteiger partial charge in [0.05, 0.1) is 15.6 Å². The van der Waals surface area contributed by atoms with Crippen LogP contribution in [-0.2, 0) is 0 Å². The summed E-state index contributed by atoms with van der Waals surface area (Å²) in [7, 11) is 0. The van der Waals surface area contributed by atoms with E-state index in [1.165, 1.54) is 6.07 Å². The molecule has 4 nitrogen and oxygen atoms in total. The molecule has 2 fully saturated rings. The van der Waals surface area contributed by atoms with E-state index in [9.17, 15) is 9.18 Å². The van der Waals surface area contributed by atoms with Gasteiger partial charge in [-0.15, -0.1) is 0 Å². The molecule has 2 aromatic rings. The molecule has 0 atom stereocenters. The Bertz CT molecular complexity index is 947. The molecule has 1 aliphatic heterocycles. The fraction of sp³-hybridized carbons (Fsp3) is 0.409. The molecule has 0 unspecified atom stereocenters. The van der Waals surface area contributed by atoms with Crippen LogP contribution in [0.3, 0.4) is 0 Å². The lowest BCUT2D eigenvalue weighted by Gasteiger charge is -2.34. The molecule has 0 aromatic heterocycles. The van der Waals surface area contributed by atoms with Crippen molar-refractivity contribution in [3.8, 4) is 5.75 Å². The smallest absolute Gasteiger partial charge is 0.264 e. The summed E-state index contributed by atoms with van der Waals surface area (Å²) in [6, 6.07) is 8.70. The summed E-state index contributed by atoms with van der Waals surface area (Å²) in [6.45, 7) is 1.64. The molecular formula is C22H23Cl2FN2O2S. The molecule has 2 aromatic carbocycles. The Hall–Kier alpha value is -1.63. The van der Waals surface area contributed by atoms with Crippen LogP contribution in [0, 0.1) is 5.82 Å². The molecule has 1 aliphatic carbocycles. The van der Waals surface area contributed by atoms with Crippen molar-refractivity contribution in [2.24, 2.45) is 0 Å². The zero-order valence-corrected chi connectivity index (χ0v) is 18.9. The summed E-state index contributed by atoms with van der Waals surface area (Å²) < 4.78 is 23.4. The molecule has 0 radical (unpaired) electrons. The number of piperidine rings is 1. The quantitative estimate of drug-likeness (QED) is 0.522. The third-order valence-corrected chi connectivity index (χ3v) is 6.69. The minimum absolute atomic E-state index is 0.00629. The van der Waals surface area contributed by atoms with Crippen LogP contribution < -0.4 is 14.4 Å². The third kappa shape index (κ3) is 4.82. The van der Waals surface area contributed by atoms with Crippen molar-refractivity contribution < 1.29 is 13.9 Å². The summed E-state index contributed by atoms with van der Waals surface area (Å²) >= 11 is 13.3. The number of amides is 1. The molecule has 1 saturated heterocycles. The Morgan fingerprint density at radius 3 is 2.50 bits per heavy atom. The van der Waals surface area contributed by atoms with Crippen LogP contribution in [0.25, 0.3) is 0 Å². The average molecular weight is 469 g/mol. The number of nitrogens with zero attached hydrogens (tertiary/aromatic N) is 1. The molecule has 1 N–H and O–H groups in total. The Kier molecular flexibility index (Phi) is 6.66. The van der Waals surface area contributed by atoms with Gasteiger partial charge in [-0.2, -0.15) is 0 Å². The van der Waals surface area contributed by atoms with Crippen molar-refractivity contribution in [2.45, 2.75) is 37.7 Å². The highest BCUT2D eigenvalue weighted by Gasteiger charge is 2.31. The number of carbonyl (C=O) groups is 1. The van der Waals surface area contributed by atoms with Gasteiger partial charge in [0, 0.05) is 43.9 Å². The summed E-state index contributed by atoms with van der Waals surface area (Å²) in [5, 5.41) is 1.09. The third-order valence-electron chi connectivity index (χ3n) is 5.56. The number of hydrogen-bond acceptors (Lipinski definition) is 4. The Balaban J connectivity index is 1.45. The normalized spacial score (nSPS) is 17.1. The number of rotatable bonds is 6. The first kappa shape index (κ1) is 21.6. The first-order chi connectivity index (χ1) is 14.5. The lowest BCUT2D eigenvalue weighted by Crippen LogP contribution is -2.38. The number of hydrogen-bond donors (Lipinski definition) is 1. The number of anilines is 1. The zero-order chi connectivity index (χ0) is 21.3. The molecule has 2 aliphatic rings. The summed E-state index contributed by atoms with van der Waals surface area (Å²) in [6.07, 6.45) is 5.47. The van der Waals surface area contributed by atoms with Crippen molar-refractivity contribution in [1.82, 2.24) is 4.72 Å². The van der Waals surface area contributed by atoms with Crippen LogP contribution in [0.5, 0.6) is 5.75 Å². The summed E-state index contributed by atoms with van der Waals surface area (Å²) in [5.74, 6) is -0.0426. The van der Waals surface area contributed by atoms with Crippen LogP contribution in [0.1, 0.15) is 47.5 Å². The first-order valence-electron chi connectivity index (χ1n) is 9.99. The first-order valence-corrected chi connectivity index (χ1v) is 12.0. The van der Waals surface area contributed by atoms with Crippen LogP contribution >= 0.6 is 35.1 Å². The highest BCUT2D eigenvalue weighted by molar-refractivity contribution is 7.97. The van der Waals surface area contributed by atoms with Gasteiger partial charge in [0.2, 0.25) is 0 Å². The van der Waals surface area contributed by atoms with E-state index in [1.807, 2.05) is 12.1 Å². The topological polar surface area (TPSA) is 41.6 Å². The lowest BCUT2D eigenvalue weighted by molar-refractivity contribution is 0.0980. The molecule has 160 valence electrons. The largest absolute Gasteiger partial charge is 0.490 e. The molecule has 0 spiro atoms. The second-order valence-corrected chi connectivity index (χ2v) is 9.11. The average Bonchev–Trinajstić information content (AvgIpc) is 3.56. The maximum Gasteiger partial charge on any atom is 0.264 e. The lowest BCUT2D eigenvalue weighted by atomic mass is 10.0. The Morgan fingerprint density at radius 2 is 1.87 bits per heavy atom. The number of benzene rings is 2. The van der Waals surface area contributed by atoms with Crippen molar-refractivity contribution >= 4 is 46.7 Å². The number of nitrogens with one attached hydrogen (secondary N) is 1. The minimum Gasteiger partial charge on any atom is -0.490 e. The molecule has 1 amide bonds. The van der Waals surface area contributed by atoms with E-state index in [4.69, 9.17) is 27.9 Å². The summed E-state index contributed by atoms with van der Waals surface area (Å²) in [5.41, 5.74) is 2.05. The van der Waals surface area contributed by atoms with E-state index in [2.05, 4.69) is 9.62 Å². The maximum atomic E-state index is 14.6. The van der Waals surface area contributed by atoms with Gasteiger partial charge < -0.3 is 9.64 Å². The monoisotopic (exact) mass is 468 g/mol. The number of carbonyl (C=O) groups excluding carboxylic acids is 1. The SMILES string of the molecule is CSNC(=O)c1cc(C2CC2)c(OC2CCN(c3ccc(Cl)c(Cl)c3)CC2)cc1F. The second-order valence-electron chi connectivity index (χ2n) is 7.68. The fourth-order valence-corrected chi connectivity index (χ4v) is 4.39. The van der Waals surface area contributed by atoms with Gasteiger partial charge in [-0.25, -0.2) is 4.39 Å². The molecule has 30 heavy (non-hydrogen) atoms. The van der Waals surface area contributed by atoms with E-state index in [0.29, 0.717) is 21.7 Å². The zero-order valence-electron chi connectivity index (χ0n) is 16.6. The molecule has 1 heterocycles. The predicted molar refractivity (Wildman–Crippen MR) is 122 cm³/mol. The van der Waals surface area contributed by atoms with Gasteiger partial charge in [-0.05, 0) is 48.6 Å². The van der Waals surface area contributed by atoms with E-state index in [-0.39, 0.29) is 11.7 Å². The maximum absolute atomic E-state index is 14.6. The highest BCUT2D eigenvalue weighted by Crippen LogP contribution is 2.45. The van der Waals surface area contributed by atoms with Crippen molar-refractivity contribution in [1.29, 1.82) is 0 Å².